The molecule has 4 nitrogen and oxygen atoms in total. The normalized spacial score (nSPS) is 10.4. The van der Waals surface area contributed by atoms with Crippen LogP contribution in [0.5, 0.6) is 0 Å². The molecule has 0 aliphatic rings. The minimum absolute atomic E-state index is 0.566. The summed E-state index contributed by atoms with van der Waals surface area (Å²) in [6.45, 7) is 2.43. The lowest BCUT2D eigenvalue weighted by Crippen LogP contribution is -1.98. The molecule has 4 heteroatoms. The van der Waals surface area contributed by atoms with Crippen LogP contribution >= 0.6 is 0 Å². The van der Waals surface area contributed by atoms with E-state index < -0.39 is 0 Å². The predicted octanol–water partition coefficient (Wildman–Crippen LogP) is 1.03. The maximum atomic E-state index is 5.51. The van der Waals surface area contributed by atoms with Crippen molar-refractivity contribution in [1.29, 1.82) is 0 Å². The summed E-state index contributed by atoms with van der Waals surface area (Å²) in [7, 11) is 0. The smallest absolute Gasteiger partial charge is 0.147 e. The second-order valence-corrected chi connectivity index (χ2v) is 3.11. The SMILES string of the molecule is Cc1ncn(-c2ccc(CN)cc2)n1. The summed E-state index contributed by atoms with van der Waals surface area (Å²) in [5.74, 6) is 0.771. The molecule has 0 saturated carbocycles. The first-order valence-electron chi connectivity index (χ1n) is 4.47. The van der Waals surface area contributed by atoms with Crippen LogP contribution in [0.3, 0.4) is 0 Å². The Morgan fingerprint density at radius 3 is 2.50 bits per heavy atom. The van der Waals surface area contributed by atoms with Crippen molar-refractivity contribution in [2.45, 2.75) is 13.5 Å². The van der Waals surface area contributed by atoms with Gasteiger partial charge in [-0.2, -0.15) is 5.10 Å². The second kappa shape index (κ2) is 3.59. The molecule has 2 rings (SSSR count). The topological polar surface area (TPSA) is 56.7 Å². The van der Waals surface area contributed by atoms with Gasteiger partial charge in [-0.25, -0.2) is 9.67 Å². The average Bonchev–Trinajstić information content (AvgIpc) is 2.65. The highest BCUT2D eigenvalue weighted by atomic mass is 15.3. The molecule has 2 N–H and O–H groups in total. The Hall–Kier alpha value is -1.68. The van der Waals surface area contributed by atoms with E-state index in [2.05, 4.69) is 10.1 Å². The van der Waals surface area contributed by atoms with Gasteiger partial charge in [-0.1, -0.05) is 12.1 Å². The minimum atomic E-state index is 0.566. The van der Waals surface area contributed by atoms with Crippen LogP contribution in [0.2, 0.25) is 0 Å². The summed E-state index contributed by atoms with van der Waals surface area (Å²) in [5, 5.41) is 4.21. The molecule has 0 aliphatic carbocycles. The summed E-state index contributed by atoms with van der Waals surface area (Å²) in [6.07, 6.45) is 1.70. The van der Waals surface area contributed by atoms with E-state index in [4.69, 9.17) is 5.73 Å². The molecule has 0 amide bonds. The Labute approximate surface area is 82.4 Å². The number of aryl methyl sites for hydroxylation is 1. The number of nitrogens with zero attached hydrogens (tertiary/aromatic N) is 3. The third-order valence-corrected chi connectivity index (χ3v) is 2.04. The second-order valence-electron chi connectivity index (χ2n) is 3.11. The molecule has 0 unspecified atom stereocenters. The van der Waals surface area contributed by atoms with Gasteiger partial charge in [0, 0.05) is 6.54 Å². The fraction of sp³-hybridized carbons (Fsp3) is 0.200. The van der Waals surface area contributed by atoms with Gasteiger partial charge in [0.2, 0.25) is 0 Å². The van der Waals surface area contributed by atoms with E-state index in [-0.39, 0.29) is 0 Å². The molecule has 72 valence electrons. The van der Waals surface area contributed by atoms with Gasteiger partial charge in [0.25, 0.3) is 0 Å². The van der Waals surface area contributed by atoms with E-state index >= 15 is 0 Å². The van der Waals surface area contributed by atoms with Gasteiger partial charge < -0.3 is 5.73 Å². The zero-order valence-corrected chi connectivity index (χ0v) is 8.01. The first-order chi connectivity index (χ1) is 6.79. The largest absolute Gasteiger partial charge is 0.326 e. The number of benzene rings is 1. The maximum Gasteiger partial charge on any atom is 0.147 e. The van der Waals surface area contributed by atoms with E-state index in [9.17, 15) is 0 Å². The summed E-state index contributed by atoms with van der Waals surface area (Å²) >= 11 is 0. The van der Waals surface area contributed by atoms with Crippen molar-refractivity contribution in [2.24, 2.45) is 5.73 Å². The van der Waals surface area contributed by atoms with Gasteiger partial charge in [0.15, 0.2) is 0 Å². The predicted molar refractivity (Wildman–Crippen MR) is 54.0 cm³/mol. The fourth-order valence-corrected chi connectivity index (χ4v) is 1.25. The Morgan fingerprint density at radius 1 is 1.29 bits per heavy atom. The first-order valence-corrected chi connectivity index (χ1v) is 4.47. The van der Waals surface area contributed by atoms with Crippen LogP contribution in [0.1, 0.15) is 11.4 Å². The van der Waals surface area contributed by atoms with Gasteiger partial charge in [0.05, 0.1) is 5.69 Å². The molecule has 0 aliphatic heterocycles. The summed E-state index contributed by atoms with van der Waals surface area (Å²) < 4.78 is 1.75. The Morgan fingerprint density at radius 2 is 2.00 bits per heavy atom. The van der Waals surface area contributed by atoms with Crippen LogP contribution in [-0.4, -0.2) is 14.8 Å². The van der Waals surface area contributed by atoms with Crippen molar-refractivity contribution in [3.63, 3.8) is 0 Å². The Bertz CT molecular complexity index is 416. The van der Waals surface area contributed by atoms with E-state index in [0.717, 1.165) is 17.1 Å². The Kier molecular flexibility index (Phi) is 2.28. The quantitative estimate of drug-likeness (QED) is 0.766. The number of hydrogen-bond donors (Lipinski definition) is 1. The number of hydrogen-bond acceptors (Lipinski definition) is 3. The molecule has 0 spiro atoms. The fourth-order valence-electron chi connectivity index (χ4n) is 1.25. The molecular weight excluding hydrogens is 176 g/mol. The van der Waals surface area contributed by atoms with Crippen LogP contribution in [-0.2, 0) is 6.54 Å². The van der Waals surface area contributed by atoms with Crippen LogP contribution in [0, 0.1) is 6.92 Å². The molecule has 14 heavy (non-hydrogen) atoms. The average molecular weight is 188 g/mol. The van der Waals surface area contributed by atoms with Crippen molar-refractivity contribution in [2.75, 3.05) is 0 Å². The molecule has 0 atom stereocenters. The van der Waals surface area contributed by atoms with Gasteiger partial charge in [-0.05, 0) is 24.6 Å². The van der Waals surface area contributed by atoms with Crippen molar-refractivity contribution >= 4 is 0 Å². The number of aromatic nitrogens is 3. The van der Waals surface area contributed by atoms with E-state index in [1.165, 1.54) is 0 Å². The van der Waals surface area contributed by atoms with Crippen LogP contribution < -0.4 is 5.73 Å². The van der Waals surface area contributed by atoms with Gasteiger partial charge in [-0.3, -0.25) is 0 Å². The highest BCUT2D eigenvalue weighted by Crippen LogP contribution is 2.07. The van der Waals surface area contributed by atoms with Gasteiger partial charge in [0.1, 0.15) is 12.2 Å². The molecule has 0 radical (unpaired) electrons. The molecule has 0 saturated heterocycles. The van der Waals surface area contributed by atoms with E-state index in [0.29, 0.717) is 6.54 Å². The molecule has 2 aromatic rings. The maximum absolute atomic E-state index is 5.51. The minimum Gasteiger partial charge on any atom is -0.326 e. The monoisotopic (exact) mass is 188 g/mol. The highest BCUT2D eigenvalue weighted by Gasteiger charge is 1.98. The number of nitrogens with two attached hydrogens (primary N) is 1. The molecule has 1 heterocycles. The zero-order valence-electron chi connectivity index (χ0n) is 8.01. The Balaban J connectivity index is 2.33. The number of rotatable bonds is 2. The van der Waals surface area contributed by atoms with Crippen molar-refractivity contribution < 1.29 is 0 Å². The van der Waals surface area contributed by atoms with Crippen LogP contribution in [0.25, 0.3) is 5.69 Å². The molecule has 0 bridgehead atoms. The third kappa shape index (κ3) is 1.65. The van der Waals surface area contributed by atoms with E-state index in [1.54, 1.807) is 11.0 Å². The first kappa shape index (κ1) is 8.90. The van der Waals surface area contributed by atoms with Gasteiger partial charge in [-0.15, -0.1) is 0 Å². The van der Waals surface area contributed by atoms with Gasteiger partial charge >= 0.3 is 0 Å². The molecule has 1 aromatic heterocycles. The lowest BCUT2D eigenvalue weighted by molar-refractivity contribution is 0.861. The molecule has 0 fully saturated rings. The van der Waals surface area contributed by atoms with Crippen molar-refractivity contribution in [3.05, 3.63) is 42.0 Å². The van der Waals surface area contributed by atoms with Crippen molar-refractivity contribution in [3.8, 4) is 5.69 Å². The molecule has 1 aromatic carbocycles. The highest BCUT2D eigenvalue weighted by molar-refractivity contribution is 5.33. The molecular formula is C10H12N4. The summed E-state index contributed by atoms with van der Waals surface area (Å²) in [6, 6.07) is 7.95. The lowest BCUT2D eigenvalue weighted by Gasteiger charge is -2.01. The standard InChI is InChI=1S/C10H12N4/c1-8-12-7-14(13-8)10-4-2-9(6-11)3-5-10/h2-5,7H,6,11H2,1H3. The van der Waals surface area contributed by atoms with E-state index in [1.807, 2.05) is 31.2 Å². The van der Waals surface area contributed by atoms with Crippen LogP contribution in [0.15, 0.2) is 30.6 Å². The summed E-state index contributed by atoms with van der Waals surface area (Å²) in [4.78, 5) is 4.06. The van der Waals surface area contributed by atoms with Crippen LogP contribution in [0.4, 0.5) is 0 Å². The third-order valence-electron chi connectivity index (χ3n) is 2.04. The zero-order chi connectivity index (χ0) is 9.97. The van der Waals surface area contributed by atoms with Crippen molar-refractivity contribution in [1.82, 2.24) is 14.8 Å². The summed E-state index contributed by atoms with van der Waals surface area (Å²) in [5.41, 5.74) is 7.63. The lowest BCUT2D eigenvalue weighted by atomic mass is 10.2.